The van der Waals surface area contributed by atoms with Gasteiger partial charge in [0, 0.05) is 0 Å². The largest absolute Gasteiger partial charge is 0.0622 e. The van der Waals surface area contributed by atoms with Crippen LogP contribution in [0.1, 0.15) is 0 Å². The molecule has 4 aromatic carbocycles. The van der Waals surface area contributed by atoms with E-state index in [1.165, 1.54) is 32.7 Å². The summed E-state index contributed by atoms with van der Waals surface area (Å²) < 4.78 is 0. The van der Waals surface area contributed by atoms with Crippen molar-refractivity contribution in [3.8, 4) is 11.1 Å². The lowest BCUT2D eigenvalue weighted by atomic mass is 9.94. The van der Waals surface area contributed by atoms with E-state index in [9.17, 15) is 0 Å². The summed E-state index contributed by atoms with van der Waals surface area (Å²) in [5.74, 6) is 0. The van der Waals surface area contributed by atoms with Crippen LogP contribution in [0, 0.1) is 6.07 Å². The maximum absolute atomic E-state index is 3.27. The van der Waals surface area contributed by atoms with Gasteiger partial charge in [-0.25, -0.2) is 0 Å². The Bertz CT molecular complexity index is 889. The van der Waals surface area contributed by atoms with Crippen molar-refractivity contribution >= 4 is 21.5 Å². The predicted molar refractivity (Wildman–Crippen MR) is 85.7 cm³/mol. The average Bonchev–Trinajstić information content (AvgIpc) is 2.55. The van der Waals surface area contributed by atoms with E-state index >= 15 is 0 Å². The van der Waals surface area contributed by atoms with Gasteiger partial charge < -0.3 is 0 Å². The Morgan fingerprint density at radius 1 is 0.600 bits per heavy atom. The highest BCUT2D eigenvalue weighted by Gasteiger charge is 2.06. The van der Waals surface area contributed by atoms with Crippen molar-refractivity contribution in [2.75, 3.05) is 0 Å². The van der Waals surface area contributed by atoms with Crippen LogP contribution in [0.25, 0.3) is 32.7 Å². The molecule has 0 aromatic heterocycles. The molecule has 0 fully saturated rings. The van der Waals surface area contributed by atoms with Gasteiger partial charge in [-0.2, -0.15) is 0 Å². The fourth-order valence-electron chi connectivity index (χ4n) is 2.84. The molecule has 4 aromatic rings. The minimum absolute atomic E-state index is 1.24. The number of hydrogen-bond donors (Lipinski definition) is 0. The minimum Gasteiger partial charge on any atom is -0.0622 e. The first-order chi connectivity index (χ1) is 9.93. The molecule has 0 spiro atoms. The topological polar surface area (TPSA) is 0 Å². The average molecular weight is 253 g/mol. The second-order valence-electron chi connectivity index (χ2n) is 4.99. The number of benzene rings is 4. The van der Waals surface area contributed by atoms with E-state index in [0.717, 1.165) is 0 Å². The van der Waals surface area contributed by atoms with E-state index < -0.39 is 0 Å². The van der Waals surface area contributed by atoms with E-state index in [4.69, 9.17) is 0 Å². The smallest absolute Gasteiger partial charge is 0.00264 e. The van der Waals surface area contributed by atoms with E-state index in [2.05, 4.69) is 84.9 Å². The first-order valence-electron chi connectivity index (χ1n) is 6.80. The van der Waals surface area contributed by atoms with Crippen molar-refractivity contribution < 1.29 is 0 Å². The first-order valence-corrected chi connectivity index (χ1v) is 6.80. The van der Waals surface area contributed by atoms with Gasteiger partial charge in [0.05, 0.1) is 0 Å². The molecule has 0 atom stereocenters. The summed E-state index contributed by atoms with van der Waals surface area (Å²) in [4.78, 5) is 0. The van der Waals surface area contributed by atoms with Gasteiger partial charge >= 0.3 is 0 Å². The van der Waals surface area contributed by atoms with Gasteiger partial charge in [-0.05, 0) is 50.9 Å². The zero-order chi connectivity index (χ0) is 13.4. The summed E-state index contributed by atoms with van der Waals surface area (Å²) in [5.41, 5.74) is 2.49. The fraction of sp³-hybridized carbons (Fsp3) is 0. The van der Waals surface area contributed by atoms with Crippen molar-refractivity contribution in [2.45, 2.75) is 0 Å². The summed E-state index contributed by atoms with van der Waals surface area (Å²) in [5, 5.41) is 5.14. The van der Waals surface area contributed by atoms with Crippen LogP contribution < -0.4 is 0 Å². The van der Waals surface area contributed by atoms with Crippen LogP contribution >= 0.6 is 0 Å². The molecule has 0 aliphatic rings. The van der Waals surface area contributed by atoms with E-state index in [0.29, 0.717) is 0 Å². The highest BCUT2D eigenvalue weighted by molar-refractivity contribution is 6.14. The normalized spacial score (nSPS) is 11.0. The van der Waals surface area contributed by atoms with Gasteiger partial charge in [-0.3, -0.25) is 0 Å². The number of fused-ring (bicyclic) bond motifs is 3. The first kappa shape index (κ1) is 11.2. The zero-order valence-corrected chi connectivity index (χ0v) is 11.0. The molecule has 0 heteroatoms. The van der Waals surface area contributed by atoms with Crippen LogP contribution in [-0.4, -0.2) is 0 Å². The van der Waals surface area contributed by atoms with Crippen LogP contribution in [-0.2, 0) is 0 Å². The standard InChI is InChI=1S/C20H13/c1-2-7-15(8-3-1)19-12-6-10-17-14-13-16-9-4-5-11-18(16)20(17)19/h1-5,7-14H. The van der Waals surface area contributed by atoms with Gasteiger partial charge in [0.25, 0.3) is 0 Å². The molecule has 0 heterocycles. The Balaban J connectivity index is 2.19. The molecule has 0 saturated carbocycles. The molecule has 0 aliphatic heterocycles. The Morgan fingerprint density at radius 3 is 2.25 bits per heavy atom. The Morgan fingerprint density at radius 2 is 1.35 bits per heavy atom. The monoisotopic (exact) mass is 253 g/mol. The van der Waals surface area contributed by atoms with E-state index in [1.54, 1.807) is 0 Å². The quantitative estimate of drug-likeness (QED) is 0.395. The van der Waals surface area contributed by atoms with Crippen LogP contribution in [0.3, 0.4) is 0 Å². The summed E-state index contributed by atoms with van der Waals surface area (Å²) in [6.45, 7) is 0. The zero-order valence-electron chi connectivity index (χ0n) is 11.0. The molecule has 1 radical (unpaired) electrons. The summed E-state index contributed by atoms with van der Waals surface area (Å²) in [6.07, 6.45) is 0. The maximum Gasteiger partial charge on any atom is -0.00264 e. The summed E-state index contributed by atoms with van der Waals surface area (Å²) in [6, 6.07) is 30.9. The molecular weight excluding hydrogens is 240 g/mol. The van der Waals surface area contributed by atoms with Crippen molar-refractivity contribution in [3.05, 3.63) is 84.9 Å². The fourth-order valence-corrected chi connectivity index (χ4v) is 2.84. The van der Waals surface area contributed by atoms with Gasteiger partial charge in [0.15, 0.2) is 0 Å². The number of rotatable bonds is 1. The third kappa shape index (κ3) is 1.70. The van der Waals surface area contributed by atoms with Gasteiger partial charge in [0.2, 0.25) is 0 Å². The highest BCUT2D eigenvalue weighted by atomic mass is 14.1. The SMILES string of the molecule is [c]1cc(-c2ccccc2)c2c(c1)ccc1ccccc12. The van der Waals surface area contributed by atoms with Gasteiger partial charge in [-0.1, -0.05) is 66.7 Å². The molecule has 93 valence electrons. The third-order valence-corrected chi connectivity index (χ3v) is 3.78. The molecule has 0 saturated heterocycles. The molecular formula is C20H13. The molecule has 0 amide bonds. The maximum atomic E-state index is 3.27. The highest BCUT2D eigenvalue weighted by Crippen LogP contribution is 2.33. The van der Waals surface area contributed by atoms with Crippen LogP contribution in [0.2, 0.25) is 0 Å². The van der Waals surface area contributed by atoms with E-state index in [-0.39, 0.29) is 0 Å². The van der Waals surface area contributed by atoms with Crippen molar-refractivity contribution in [2.24, 2.45) is 0 Å². The van der Waals surface area contributed by atoms with Gasteiger partial charge in [0.1, 0.15) is 0 Å². The lowest BCUT2D eigenvalue weighted by Gasteiger charge is -2.10. The van der Waals surface area contributed by atoms with Crippen molar-refractivity contribution in [1.82, 2.24) is 0 Å². The minimum atomic E-state index is 1.24. The van der Waals surface area contributed by atoms with E-state index in [1.807, 2.05) is 0 Å². The molecule has 0 nitrogen and oxygen atoms in total. The second-order valence-corrected chi connectivity index (χ2v) is 4.99. The molecule has 4 rings (SSSR count). The molecule has 0 unspecified atom stereocenters. The molecule has 20 heavy (non-hydrogen) atoms. The summed E-state index contributed by atoms with van der Waals surface area (Å²) in [7, 11) is 0. The van der Waals surface area contributed by atoms with Gasteiger partial charge in [-0.15, -0.1) is 0 Å². The Labute approximate surface area is 118 Å². The molecule has 0 bridgehead atoms. The van der Waals surface area contributed by atoms with Crippen LogP contribution in [0.15, 0.2) is 78.9 Å². The third-order valence-electron chi connectivity index (χ3n) is 3.78. The molecule has 0 aliphatic carbocycles. The van der Waals surface area contributed by atoms with Crippen molar-refractivity contribution in [1.29, 1.82) is 0 Å². The van der Waals surface area contributed by atoms with Crippen molar-refractivity contribution in [3.63, 3.8) is 0 Å². The predicted octanol–water partition coefficient (Wildman–Crippen LogP) is 5.46. The number of hydrogen-bond acceptors (Lipinski definition) is 0. The summed E-state index contributed by atoms with van der Waals surface area (Å²) >= 11 is 0. The molecule has 0 N–H and O–H groups in total. The Kier molecular flexibility index (Phi) is 2.53. The van der Waals surface area contributed by atoms with Crippen LogP contribution in [0.5, 0.6) is 0 Å². The Hall–Kier alpha value is -2.60. The lowest BCUT2D eigenvalue weighted by molar-refractivity contribution is 1.65. The van der Waals surface area contributed by atoms with Crippen LogP contribution in [0.4, 0.5) is 0 Å². The second kappa shape index (κ2) is 4.50. The lowest BCUT2D eigenvalue weighted by Crippen LogP contribution is -1.83.